The largest absolute Gasteiger partial charge is 0.466 e. The molecule has 8 bridgehead atoms. The van der Waals surface area contributed by atoms with Crippen molar-refractivity contribution in [1.82, 2.24) is 19.9 Å². The molecule has 3 aromatic rings. The van der Waals surface area contributed by atoms with Gasteiger partial charge in [0.2, 0.25) is 0 Å². The number of fused-ring (bicyclic) bond motifs is 11. The van der Waals surface area contributed by atoms with E-state index >= 15 is 0 Å². The van der Waals surface area contributed by atoms with Gasteiger partial charge in [0.05, 0.1) is 49.2 Å². The fourth-order valence-corrected chi connectivity index (χ4v) is 8.12. The SMILES string of the molecule is CCOC(=O)CCC1=C(C)c2cc3[nH]c(cc4nc(cc5[nH]c(cc1n2)c(C)c5CCC(=O)OCC)C1(C)OC41CCC(=O)OCC)c(C)c3CCC(=O)OCC. The smallest absolute Gasteiger partial charge is 0.306 e. The number of nitrogens with one attached hydrogen (secondary N) is 2. The molecule has 304 valence electrons. The van der Waals surface area contributed by atoms with Crippen LogP contribution in [0.3, 0.4) is 0 Å². The summed E-state index contributed by atoms with van der Waals surface area (Å²) in [5, 5.41) is 0. The molecule has 57 heavy (non-hydrogen) atoms. The number of aryl methyl sites for hydroxylation is 4. The van der Waals surface area contributed by atoms with Gasteiger partial charge in [-0.15, -0.1) is 0 Å². The number of esters is 4. The topological polar surface area (TPSA) is 175 Å². The Kier molecular flexibility index (Phi) is 12.4. The van der Waals surface area contributed by atoms with Crippen LogP contribution in [0.4, 0.5) is 0 Å². The first-order valence-electron chi connectivity index (χ1n) is 20.1. The van der Waals surface area contributed by atoms with E-state index in [2.05, 4.69) is 9.97 Å². The third kappa shape index (κ3) is 8.25. The highest BCUT2D eigenvalue weighted by Gasteiger charge is 2.73. The Morgan fingerprint density at radius 2 is 1.05 bits per heavy atom. The highest BCUT2D eigenvalue weighted by atomic mass is 16.6. The van der Waals surface area contributed by atoms with Crippen LogP contribution in [0.2, 0.25) is 0 Å². The van der Waals surface area contributed by atoms with Crippen molar-refractivity contribution in [2.75, 3.05) is 26.4 Å². The molecule has 1 saturated heterocycles. The van der Waals surface area contributed by atoms with E-state index in [4.69, 9.17) is 33.7 Å². The van der Waals surface area contributed by atoms with E-state index in [0.717, 1.165) is 55.5 Å². The molecule has 0 spiro atoms. The fourth-order valence-electron chi connectivity index (χ4n) is 8.12. The summed E-state index contributed by atoms with van der Waals surface area (Å²) >= 11 is 0. The highest BCUT2D eigenvalue weighted by Crippen LogP contribution is 2.66. The quantitative estimate of drug-likeness (QED) is 0.0828. The van der Waals surface area contributed by atoms with Crippen LogP contribution in [0.1, 0.15) is 125 Å². The maximum Gasteiger partial charge on any atom is 0.306 e. The Hall–Kier alpha value is -5.30. The van der Waals surface area contributed by atoms with Gasteiger partial charge in [-0.25, -0.2) is 4.98 Å². The molecule has 1 fully saturated rings. The summed E-state index contributed by atoms with van der Waals surface area (Å²) in [6, 6.07) is 7.94. The number of rotatable bonds is 16. The summed E-state index contributed by atoms with van der Waals surface area (Å²) in [6.45, 7) is 16.3. The minimum atomic E-state index is -0.889. The predicted molar refractivity (Wildman–Crippen MR) is 215 cm³/mol. The second-order valence-electron chi connectivity index (χ2n) is 14.7. The molecule has 13 nitrogen and oxygen atoms in total. The Morgan fingerprint density at radius 1 is 0.596 bits per heavy atom. The average Bonchev–Trinajstić information content (AvgIpc) is 3.29. The lowest BCUT2D eigenvalue weighted by atomic mass is 9.87. The van der Waals surface area contributed by atoms with Crippen molar-refractivity contribution in [2.45, 2.75) is 118 Å². The van der Waals surface area contributed by atoms with E-state index in [9.17, 15) is 19.2 Å². The summed E-state index contributed by atoms with van der Waals surface area (Å²) in [6.07, 6.45) is 2.33. The third-order valence-corrected chi connectivity index (χ3v) is 11.3. The molecule has 3 aliphatic rings. The van der Waals surface area contributed by atoms with Crippen molar-refractivity contribution in [3.8, 4) is 0 Å². The van der Waals surface area contributed by atoms with Crippen molar-refractivity contribution in [1.29, 1.82) is 0 Å². The number of hydrogen-bond acceptors (Lipinski definition) is 11. The molecule has 2 atom stereocenters. The molecule has 0 aromatic carbocycles. The van der Waals surface area contributed by atoms with Gasteiger partial charge in [0, 0.05) is 47.8 Å². The molecule has 2 unspecified atom stereocenters. The maximum atomic E-state index is 12.7. The lowest BCUT2D eigenvalue weighted by Crippen LogP contribution is -2.17. The summed E-state index contributed by atoms with van der Waals surface area (Å²) in [7, 11) is 0. The number of aromatic amines is 2. The molecule has 0 saturated carbocycles. The van der Waals surface area contributed by atoms with Crippen molar-refractivity contribution in [3.05, 3.63) is 69.3 Å². The predicted octanol–water partition coefficient (Wildman–Crippen LogP) is 7.68. The number of carbonyl (C=O) groups excluding carboxylic acids is 4. The number of aromatic nitrogens is 4. The van der Waals surface area contributed by atoms with Crippen LogP contribution < -0.4 is 0 Å². The van der Waals surface area contributed by atoms with Crippen LogP contribution >= 0.6 is 0 Å². The molecule has 13 heteroatoms. The molecular formula is C44H54N4O9. The zero-order valence-corrected chi connectivity index (χ0v) is 34.4. The van der Waals surface area contributed by atoms with Crippen molar-refractivity contribution >= 4 is 57.1 Å². The Morgan fingerprint density at radius 3 is 1.60 bits per heavy atom. The van der Waals surface area contributed by atoms with Gasteiger partial charge in [-0.1, -0.05) is 0 Å². The minimum Gasteiger partial charge on any atom is -0.466 e. The molecule has 0 radical (unpaired) electrons. The summed E-state index contributed by atoms with van der Waals surface area (Å²) in [4.78, 5) is 68.1. The molecule has 2 N–H and O–H groups in total. The number of H-pyrrole nitrogens is 2. The standard InChI is InChI=1S/C44H54N4O9/c1-9-53-39(49)16-13-28-25(5)31-21-35-29(14-17-40(50)54-10-2)27(7)33(47-35)23-38-44(20-19-42(52)56-12-4)43(8,57-44)37(48-38)24-36-30(15-18-41(51)55-11-3)26(6)32(46-36)22-34(28)45-31/h21-24,46-47H,9-20H2,1-8H3. The van der Waals surface area contributed by atoms with Gasteiger partial charge >= 0.3 is 23.9 Å². The van der Waals surface area contributed by atoms with E-state index in [0.29, 0.717) is 68.3 Å². The lowest BCUT2D eigenvalue weighted by Gasteiger charge is -2.09. The summed E-state index contributed by atoms with van der Waals surface area (Å²) in [5.74, 6) is -1.17. The van der Waals surface area contributed by atoms with E-state index in [1.54, 1.807) is 27.7 Å². The lowest BCUT2D eigenvalue weighted by molar-refractivity contribution is -0.144. The van der Waals surface area contributed by atoms with Gasteiger partial charge in [0.25, 0.3) is 0 Å². The van der Waals surface area contributed by atoms with Crippen LogP contribution in [-0.4, -0.2) is 70.2 Å². The van der Waals surface area contributed by atoms with Gasteiger partial charge in [0.1, 0.15) is 11.2 Å². The second-order valence-corrected chi connectivity index (χ2v) is 14.7. The number of epoxide rings is 1. The van der Waals surface area contributed by atoms with Gasteiger partial charge in [0.15, 0.2) is 0 Å². The maximum absolute atomic E-state index is 12.7. The van der Waals surface area contributed by atoms with E-state index in [1.807, 2.05) is 52.0 Å². The van der Waals surface area contributed by atoms with Crippen molar-refractivity contribution in [3.63, 3.8) is 0 Å². The van der Waals surface area contributed by atoms with Crippen molar-refractivity contribution in [2.24, 2.45) is 0 Å². The molecule has 6 rings (SSSR count). The summed E-state index contributed by atoms with van der Waals surface area (Å²) < 4.78 is 27.8. The Bertz CT molecular complexity index is 2290. The van der Waals surface area contributed by atoms with Crippen molar-refractivity contribution < 1.29 is 42.9 Å². The number of nitrogens with zero attached hydrogens (tertiary/aromatic N) is 2. The summed E-state index contributed by atoms with van der Waals surface area (Å²) in [5.41, 5.74) is 9.73. The first-order valence-corrected chi connectivity index (χ1v) is 20.1. The number of carbonyl (C=O) groups is 4. The molecule has 3 aromatic heterocycles. The van der Waals surface area contributed by atoms with Crippen LogP contribution in [0, 0.1) is 13.8 Å². The van der Waals surface area contributed by atoms with Gasteiger partial charge in [-0.3, -0.25) is 24.2 Å². The van der Waals surface area contributed by atoms with Gasteiger partial charge in [-0.2, -0.15) is 0 Å². The van der Waals surface area contributed by atoms with Crippen LogP contribution in [0.5, 0.6) is 0 Å². The van der Waals surface area contributed by atoms with E-state index in [1.165, 1.54) is 0 Å². The number of hydrogen-bond donors (Lipinski definition) is 2. The molecule has 6 heterocycles. The number of allylic oxidation sites excluding steroid dienone is 2. The zero-order valence-electron chi connectivity index (χ0n) is 34.4. The third-order valence-electron chi connectivity index (χ3n) is 11.3. The fraction of sp³-hybridized carbons (Fsp3) is 0.500. The Labute approximate surface area is 332 Å². The number of ether oxygens (including phenoxy) is 5. The van der Waals surface area contributed by atoms with Gasteiger partial charge in [-0.05, 0) is 139 Å². The minimum absolute atomic E-state index is 0.144. The zero-order chi connectivity index (χ0) is 41.1. The monoisotopic (exact) mass is 782 g/mol. The second kappa shape index (κ2) is 17.1. The molecular weight excluding hydrogens is 729 g/mol. The van der Waals surface area contributed by atoms with Crippen LogP contribution in [0.15, 0.2) is 24.3 Å². The Balaban J connectivity index is 1.63. The first kappa shape index (κ1) is 41.3. The molecule has 0 amide bonds. The van der Waals surface area contributed by atoms with E-state index in [-0.39, 0.29) is 56.2 Å². The average molecular weight is 783 g/mol. The normalized spacial score (nSPS) is 18.2. The molecule has 0 aliphatic carbocycles. The van der Waals surface area contributed by atoms with Crippen LogP contribution in [0.25, 0.3) is 33.2 Å². The highest BCUT2D eigenvalue weighted by molar-refractivity contribution is 5.94. The first-order chi connectivity index (χ1) is 27.3. The van der Waals surface area contributed by atoms with Crippen LogP contribution in [-0.2, 0) is 66.9 Å². The van der Waals surface area contributed by atoms with E-state index < -0.39 is 11.2 Å². The van der Waals surface area contributed by atoms with Gasteiger partial charge < -0.3 is 33.7 Å². The molecule has 3 aliphatic heterocycles.